The molecule has 0 aliphatic rings. The fraction of sp³-hybridized carbons (Fsp3) is 0.400. The third-order valence-corrected chi connectivity index (χ3v) is 2.59. The van der Waals surface area contributed by atoms with E-state index in [1.165, 1.54) is 5.56 Å². The van der Waals surface area contributed by atoms with E-state index in [1.807, 2.05) is 32.0 Å². The maximum absolute atomic E-state index is 9.57. The van der Waals surface area contributed by atoms with Crippen LogP contribution in [-0.4, -0.2) is 5.11 Å². The molecule has 1 aromatic carbocycles. The van der Waals surface area contributed by atoms with Crippen LogP contribution < -0.4 is 0 Å². The quantitative estimate of drug-likeness (QED) is 0.825. The molecular weight excluding hydrogens is 216 g/mol. The Bertz CT molecular complexity index is 271. The molecule has 1 atom stereocenters. The van der Waals surface area contributed by atoms with Crippen molar-refractivity contribution in [3.63, 3.8) is 0 Å². The van der Waals surface area contributed by atoms with Crippen molar-refractivity contribution in [2.45, 2.75) is 26.4 Å². The van der Waals surface area contributed by atoms with E-state index in [0.717, 1.165) is 16.5 Å². The molecule has 0 bridgehead atoms. The Morgan fingerprint density at radius 2 is 2.17 bits per heavy atom. The predicted octanol–water partition coefficient (Wildman–Crippen LogP) is 3.20. The van der Waals surface area contributed by atoms with Crippen molar-refractivity contribution in [3.05, 3.63) is 33.8 Å². The molecular formula is C10H13BrO. The third kappa shape index (κ3) is 2.08. The van der Waals surface area contributed by atoms with Gasteiger partial charge in [-0.25, -0.2) is 0 Å². The highest BCUT2D eigenvalue weighted by Crippen LogP contribution is 2.26. The highest BCUT2D eigenvalue weighted by Gasteiger charge is 2.07. The summed E-state index contributed by atoms with van der Waals surface area (Å²) in [5, 5.41) is 9.57. The van der Waals surface area contributed by atoms with Crippen LogP contribution in [0.1, 0.15) is 30.6 Å². The Balaban J connectivity index is 3.01. The van der Waals surface area contributed by atoms with Gasteiger partial charge in [0.05, 0.1) is 6.10 Å². The van der Waals surface area contributed by atoms with Crippen molar-refractivity contribution in [3.8, 4) is 0 Å². The second kappa shape index (κ2) is 4.06. The van der Waals surface area contributed by atoms with Gasteiger partial charge in [-0.3, -0.25) is 0 Å². The zero-order chi connectivity index (χ0) is 9.14. The summed E-state index contributed by atoms with van der Waals surface area (Å²) in [5.41, 5.74) is 2.18. The molecule has 2 heteroatoms. The van der Waals surface area contributed by atoms with Crippen LogP contribution in [0.3, 0.4) is 0 Å². The largest absolute Gasteiger partial charge is 0.388 e. The average molecular weight is 229 g/mol. The number of hydrogen-bond donors (Lipinski definition) is 1. The van der Waals surface area contributed by atoms with Gasteiger partial charge in [0, 0.05) is 4.47 Å². The van der Waals surface area contributed by atoms with E-state index in [9.17, 15) is 5.11 Å². The second-order valence-electron chi connectivity index (χ2n) is 2.95. The minimum absolute atomic E-state index is 0.347. The van der Waals surface area contributed by atoms with E-state index in [-0.39, 0.29) is 6.10 Å². The number of hydrogen-bond acceptors (Lipinski definition) is 1. The van der Waals surface area contributed by atoms with Gasteiger partial charge in [-0.15, -0.1) is 0 Å². The number of aliphatic hydroxyl groups excluding tert-OH is 1. The zero-order valence-corrected chi connectivity index (χ0v) is 8.93. The first-order valence-electron chi connectivity index (χ1n) is 4.09. The summed E-state index contributed by atoms with van der Waals surface area (Å²) in [7, 11) is 0. The maximum atomic E-state index is 9.57. The molecule has 0 aromatic heterocycles. The smallest absolute Gasteiger partial charge is 0.0798 e. The van der Waals surface area contributed by atoms with Gasteiger partial charge >= 0.3 is 0 Å². The summed E-state index contributed by atoms with van der Waals surface area (Å²) >= 11 is 3.43. The SMILES string of the molecule is CC[C@@H](O)c1ccc(C)cc1Br. The Morgan fingerprint density at radius 3 is 2.67 bits per heavy atom. The summed E-state index contributed by atoms with van der Waals surface area (Å²) in [6.45, 7) is 4.00. The van der Waals surface area contributed by atoms with Crippen LogP contribution in [-0.2, 0) is 0 Å². The van der Waals surface area contributed by atoms with Crippen LogP contribution in [0.2, 0.25) is 0 Å². The van der Waals surface area contributed by atoms with Gasteiger partial charge in [-0.2, -0.15) is 0 Å². The lowest BCUT2D eigenvalue weighted by Crippen LogP contribution is -1.96. The first-order valence-corrected chi connectivity index (χ1v) is 4.88. The van der Waals surface area contributed by atoms with Gasteiger partial charge in [0.1, 0.15) is 0 Å². The second-order valence-corrected chi connectivity index (χ2v) is 3.80. The molecule has 66 valence electrons. The Labute approximate surface area is 81.6 Å². The lowest BCUT2D eigenvalue weighted by Gasteiger charge is -2.10. The van der Waals surface area contributed by atoms with Crippen molar-refractivity contribution >= 4 is 15.9 Å². The molecule has 1 nitrogen and oxygen atoms in total. The van der Waals surface area contributed by atoms with Crippen LogP contribution >= 0.6 is 15.9 Å². The Kier molecular flexibility index (Phi) is 3.29. The predicted molar refractivity (Wildman–Crippen MR) is 54.1 cm³/mol. The molecule has 1 rings (SSSR count). The highest BCUT2D eigenvalue weighted by molar-refractivity contribution is 9.10. The highest BCUT2D eigenvalue weighted by atomic mass is 79.9. The molecule has 0 heterocycles. The molecule has 1 N–H and O–H groups in total. The summed E-state index contributed by atoms with van der Waals surface area (Å²) in [6.07, 6.45) is 0.404. The van der Waals surface area contributed by atoms with Crippen LogP contribution in [0.5, 0.6) is 0 Å². The zero-order valence-electron chi connectivity index (χ0n) is 7.34. The molecule has 0 saturated heterocycles. The normalized spacial score (nSPS) is 13.0. The first-order chi connectivity index (χ1) is 5.65. The molecule has 0 unspecified atom stereocenters. The fourth-order valence-electron chi connectivity index (χ4n) is 1.12. The van der Waals surface area contributed by atoms with Gasteiger partial charge < -0.3 is 5.11 Å². The van der Waals surface area contributed by atoms with Gasteiger partial charge in [-0.1, -0.05) is 35.0 Å². The molecule has 12 heavy (non-hydrogen) atoms. The lowest BCUT2D eigenvalue weighted by atomic mass is 10.1. The molecule has 1 aromatic rings. The number of aliphatic hydroxyl groups is 1. The lowest BCUT2D eigenvalue weighted by molar-refractivity contribution is 0.173. The maximum Gasteiger partial charge on any atom is 0.0798 e. The van der Waals surface area contributed by atoms with Gasteiger partial charge in [-0.05, 0) is 30.5 Å². The number of halogens is 1. The molecule has 0 amide bonds. The van der Waals surface area contributed by atoms with Gasteiger partial charge in [0.2, 0.25) is 0 Å². The molecule has 0 aliphatic carbocycles. The Hall–Kier alpha value is -0.340. The minimum Gasteiger partial charge on any atom is -0.388 e. The number of rotatable bonds is 2. The average Bonchev–Trinajstić information content (AvgIpc) is 2.03. The van der Waals surface area contributed by atoms with E-state index in [4.69, 9.17) is 0 Å². The van der Waals surface area contributed by atoms with Crippen molar-refractivity contribution < 1.29 is 5.11 Å². The topological polar surface area (TPSA) is 20.2 Å². The van der Waals surface area contributed by atoms with Crippen LogP contribution in [0, 0.1) is 6.92 Å². The van der Waals surface area contributed by atoms with Crippen LogP contribution in [0.4, 0.5) is 0 Å². The van der Waals surface area contributed by atoms with Crippen LogP contribution in [0.15, 0.2) is 22.7 Å². The van der Waals surface area contributed by atoms with Crippen molar-refractivity contribution in [1.82, 2.24) is 0 Å². The van der Waals surface area contributed by atoms with E-state index >= 15 is 0 Å². The Morgan fingerprint density at radius 1 is 1.50 bits per heavy atom. The number of benzene rings is 1. The molecule has 0 spiro atoms. The summed E-state index contributed by atoms with van der Waals surface area (Å²) in [5.74, 6) is 0. The van der Waals surface area contributed by atoms with E-state index in [2.05, 4.69) is 15.9 Å². The molecule has 0 radical (unpaired) electrons. The van der Waals surface area contributed by atoms with Crippen molar-refractivity contribution in [2.75, 3.05) is 0 Å². The third-order valence-electron chi connectivity index (χ3n) is 1.90. The fourth-order valence-corrected chi connectivity index (χ4v) is 1.88. The van der Waals surface area contributed by atoms with Gasteiger partial charge in [0.25, 0.3) is 0 Å². The minimum atomic E-state index is -0.347. The summed E-state index contributed by atoms with van der Waals surface area (Å²) in [6, 6.07) is 6.00. The van der Waals surface area contributed by atoms with E-state index in [0.29, 0.717) is 0 Å². The van der Waals surface area contributed by atoms with Gasteiger partial charge in [0.15, 0.2) is 0 Å². The van der Waals surface area contributed by atoms with Crippen molar-refractivity contribution in [1.29, 1.82) is 0 Å². The summed E-state index contributed by atoms with van der Waals surface area (Å²) in [4.78, 5) is 0. The van der Waals surface area contributed by atoms with Crippen LogP contribution in [0.25, 0.3) is 0 Å². The van der Waals surface area contributed by atoms with E-state index in [1.54, 1.807) is 0 Å². The van der Waals surface area contributed by atoms with E-state index < -0.39 is 0 Å². The molecule has 0 aliphatic heterocycles. The monoisotopic (exact) mass is 228 g/mol. The molecule has 0 fully saturated rings. The number of aryl methyl sites for hydroxylation is 1. The standard InChI is InChI=1S/C10H13BrO/c1-3-10(12)8-5-4-7(2)6-9(8)11/h4-6,10,12H,3H2,1-2H3/t10-/m1/s1. The molecule has 0 saturated carbocycles. The first kappa shape index (κ1) is 9.75. The van der Waals surface area contributed by atoms with Crippen molar-refractivity contribution in [2.24, 2.45) is 0 Å². The summed E-state index contributed by atoms with van der Waals surface area (Å²) < 4.78 is 0.997.